The number of hydrogen-bond acceptors (Lipinski definition) is 4. The highest BCUT2D eigenvalue weighted by Gasteiger charge is 2.32. The first-order valence-electron chi connectivity index (χ1n) is 7.96. The summed E-state index contributed by atoms with van der Waals surface area (Å²) < 4.78 is 1.95. The number of thiazole rings is 1. The Kier molecular flexibility index (Phi) is 3.48. The van der Waals surface area contributed by atoms with E-state index in [1.165, 1.54) is 12.8 Å². The summed E-state index contributed by atoms with van der Waals surface area (Å²) in [6, 6.07) is 0.248. The lowest BCUT2D eigenvalue weighted by atomic mass is 10.2. The van der Waals surface area contributed by atoms with Gasteiger partial charge in [-0.1, -0.05) is 0 Å². The van der Waals surface area contributed by atoms with Crippen LogP contribution in [0.15, 0.2) is 18.6 Å². The van der Waals surface area contributed by atoms with Gasteiger partial charge in [-0.05, 0) is 38.2 Å². The SMILES string of the molecule is Cc1cnn(CC2CCCN2C(=O)c2cnc(C3CC3)s2)c1. The van der Waals surface area contributed by atoms with Crippen LogP contribution in [0, 0.1) is 6.92 Å². The summed E-state index contributed by atoms with van der Waals surface area (Å²) in [4.78, 5) is 20.0. The summed E-state index contributed by atoms with van der Waals surface area (Å²) in [5.41, 5.74) is 1.16. The minimum absolute atomic E-state index is 0.149. The first-order valence-corrected chi connectivity index (χ1v) is 8.78. The Morgan fingerprint density at radius 1 is 1.36 bits per heavy atom. The van der Waals surface area contributed by atoms with Crippen molar-refractivity contribution in [2.75, 3.05) is 6.54 Å². The number of hydrogen-bond donors (Lipinski definition) is 0. The van der Waals surface area contributed by atoms with Crippen molar-refractivity contribution >= 4 is 17.2 Å². The van der Waals surface area contributed by atoms with Gasteiger partial charge in [-0.15, -0.1) is 11.3 Å². The number of likely N-dealkylation sites (tertiary alicyclic amines) is 1. The number of nitrogens with zero attached hydrogens (tertiary/aromatic N) is 4. The minimum atomic E-state index is 0.149. The lowest BCUT2D eigenvalue weighted by molar-refractivity contribution is 0.0726. The van der Waals surface area contributed by atoms with E-state index in [9.17, 15) is 4.79 Å². The van der Waals surface area contributed by atoms with Crippen molar-refractivity contribution in [3.63, 3.8) is 0 Å². The maximum Gasteiger partial charge on any atom is 0.265 e. The number of aromatic nitrogens is 3. The highest BCUT2D eigenvalue weighted by atomic mass is 32.1. The normalized spacial score (nSPS) is 21.5. The van der Waals surface area contributed by atoms with Crippen molar-refractivity contribution in [2.45, 2.75) is 51.1 Å². The Bertz CT molecular complexity index is 688. The van der Waals surface area contributed by atoms with E-state index in [-0.39, 0.29) is 11.9 Å². The molecule has 6 heteroatoms. The van der Waals surface area contributed by atoms with E-state index >= 15 is 0 Å². The van der Waals surface area contributed by atoms with Crippen LogP contribution in [-0.2, 0) is 6.54 Å². The molecule has 0 aromatic carbocycles. The van der Waals surface area contributed by atoms with Crippen molar-refractivity contribution in [3.05, 3.63) is 34.0 Å². The van der Waals surface area contributed by atoms with E-state index in [0.29, 0.717) is 5.92 Å². The molecule has 5 nitrogen and oxygen atoms in total. The highest BCUT2D eigenvalue weighted by molar-refractivity contribution is 7.13. The molecule has 1 aliphatic heterocycles. The fourth-order valence-corrected chi connectivity index (χ4v) is 4.17. The molecule has 116 valence electrons. The van der Waals surface area contributed by atoms with Crippen molar-refractivity contribution in [1.29, 1.82) is 0 Å². The Labute approximate surface area is 134 Å². The second-order valence-corrected chi connectivity index (χ2v) is 7.43. The zero-order chi connectivity index (χ0) is 15.1. The zero-order valence-electron chi connectivity index (χ0n) is 12.7. The lowest BCUT2D eigenvalue weighted by Gasteiger charge is -2.24. The first-order chi connectivity index (χ1) is 10.7. The molecule has 0 N–H and O–H groups in total. The third-order valence-electron chi connectivity index (χ3n) is 4.46. The summed E-state index contributed by atoms with van der Waals surface area (Å²) >= 11 is 1.59. The van der Waals surface area contributed by atoms with Gasteiger partial charge in [0.05, 0.1) is 30.0 Å². The zero-order valence-corrected chi connectivity index (χ0v) is 13.6. The second kappa shape index (κ2) is 5.50. The summed E-state index contributed by atoms with van der Waals surface area (Å²) in [6.45, 7) is 3.67. The van der Waals surface area contributed by atoms with Crippen LogP contribution in [0.2, 0.25) is 0 Å². The van der Waals surface area contributed by atoms with Crippen molar-refractivity contribution in [2.24, 2.45) is 0 Å². The predicted octanol–water partition coefficient (Wildman–Crippen LogP) is 2.83. The van der Waals surface area contributed by atoms with E-state index in [1.807, 2.05) is 28.9 Å². The topological polar surface area (TPSA) is 51.0 Å². The van der Waals surface area contributed by atoms with Crippen LogP contribution in [0.5, 0.6) is 0 Å². The van der Waals surface area contributed by atoms with Gasteiger partial charge in [0, 0.05) is 18.7 Å². The van der Waals surface area contributed by atoms with E-state index in [0.717, 1.165) is 41.4 Å². The highest BCUT2D eigenvalue weighted by Crippen LogP contribution is 2.42. The van der Waals surface area contributed by atoms with Crippen LogP contribution in [0.1, 0.15) is 51.8 Å². The molecule has 2 aromatic heterocycles. The first kappa shape index (κ1) is 13.9. The molecule has 1 atom stereocenters. The molecule has 1 saturated carbocycles. The molecule has 1 unspecified atom stereocenters. The largest absolute Gasteiger partial charge is 0.333 e. The third-order valence-corrected chi connectivity index (χ3v) is 5.61. The average Bonchev–Trinajstić information content (AvgIpc) is 2.92. The maximum absolute atomic E-state index is 12.8. The molecule has 2 aliphatic rings. The van der Waals surface area contributed by atoms with E-state index in [4.69, 9.17) is 0 Å². The standard InChI is InChI=1S/C16H20N4OS/c1-11-7-18-19(9-11)10-13-3-2-6-20(13)16(21)14-8-17-15(22-14)12-4-5-12/h7-9,12-13H,2-6,10H2,1H3. The van der Waals surface area contributed by atoms with E-state index < -0.39 is 0 Å². The lowest BCUT2D eigenvalue weighted by Crippen LogP contribution is -2.37. The smallest absolute Gasteiger partial charge is 0.265 e. The quantitative estimate of drug-likeness (QED) is 0.871. The number of aryl methyl sites for hydroxylation is 1. The third kappa shape index (κ3) is 2.67. The van der Waals surface area contributed by atoms with Gasteiger partial charge in [-0.25, -0.2) is 4.98 Å². The molecule has 22 heavy (non-hydrogen) atoms. The molecule has 1 amide bonds. The van der Waals surface area contributed by atoms with Crippen LogP contribution in [0.25, 0.3) is 0 Å². The van der Waals surface area contributed by atoms with Gasteiger partial charge < -0.3 is 4.90 Å². The maximum atomic E-state index is 12.8. The second-order valence-electron chi connectivity index (χ2n) is 6.37. The molecular weight excluding hydrogens is 296 g/mol. The fourth-order valence-electron chi connectivity index (χ4n) is 3.12. The van der Waals surface area contributed by atoms with Crippen molar-refractivity contribution in [3.8, 4) is 0 Å². The Hall–Kier alpha value is -1.69. The van der Waals surface area contributed by atoms with Crippen molar-refractivity contribution < 1.29 is 4.79 Å². The molecule has 0 radical (unpaired) electrons. The summed E-state index contributed by atoms with van der Waals surface area (Å²) in [5.74, 6) is 0.767. The molecular formula is C16H20N4OS. The van der Waals surface area contributed by atoms with Crippen LogP contribution in [0.3, 0.4) is 0 Å². The number of amides is 1. The Morgan fingerprint density at radius 2 is 2.23 bits per heavy atom. The molecule has 2 aromatic rings. The van der Waals surface area contributed by atoms with Gasteiger partial charge in [0.15, 0.2) is 0 Å². The molecule has 0 spiro atoms. The van der Waals surface area contributed by atoms with Crippen LogP contribution >= 0.6 is 11.3 Å². The molecule has 0 bridgehead atoms. The van der Waals surface area contributed by atoms with Gasteiger partial charge in [0.2, 0.25) is 0 Å². The minimum Gasteiger partial charge on any atom is -0.333 e. The van der Waals surface area contributed by atoms with E-state index in [2.05, 4.69) is 10.1 Å². The summed E-state index contributed by atoms with van der Waals surface area (Å²) in [7, 11) is 0. The average molecular weight is 316 g/mol. The number of carbonyl (C=O) groups excluding carboxylic acids is 1. The monoisotopic (exact) mass is 316 g/mol. The summed E-state index contributed by atoms with van der Waals surface area (Å²) in [5, 5.41) is 5.49. The van der Waals surface area contributed by atoms with E-state index in [1.54, 1.807) is 17.5 Å². The number of carbonyl (C=O) groups is 1. The van der Waals surface area contributed by atoms with Crippen molar-refractivity contribution in [1.82, 2.24) is 19.7 Å². The molecule has 2 fully saturated rings. The molecule has 1 saturated heterocycles. The molecule has 4 rings (SSSR count). The summed E-state index contributed by atoms with van der Waals surface area (Å²) in [6.07, 6.45) is 10.3. The van der Waals surface area contributed by atoms with Gasteiger partial charge in [-0.2, -0.15) is 5.10 Å². The Morgan fingerprint density at radius 3 is 2.95 bits per heavy atom. The van der Waals surface area contributed by atoms with Gasteiger partial charge >= 0.3 is 0 Å². The van der Waals surface area contributed by atoms with Gasteiger partial charge in [0.25, 0.3) is 5.91 Å². The van der Waals surface area contributed by atoms with Crippen LogP contribution in [-0.4, -0.2) is 38.2 Å². The van der Waals surface area contributed by atoms with Crippen LogP contribution < -0.4 is 0 Å². The molecule has 1 aliphatic carbocycles. The van der Waals surface area contributed by atoms with Crippen LogP contribution in [0.4, 0.5) is 0 Å². The van der Waals surface area contributed by atoms with Gasteiger partial charge in [-0.3, -0.25) is 9.48 Å². The molecule has 3 heterocycles. The number of rotatable bonds is 4. The fraction of sp³-hybridized carbons (Fsp3) is 0.562. The van der Waals surface area contributed by atoms with Gasteiger partial charge in [0.1, 0.15) is 4.88 Å². The Balaban J connectivity index is 1.48. The predicted molar refractivity (Wildman–Crippen MR) is 85.1 cm³/mol.